The van der Waals surface area contributed by atoms with E-state index in [0.29, 0.717) is 22.0 Å². The molecule has 0 heterocycles. The van der Waals surface area contributed by atoms with Crippen LogP contribution in [-0.4, -0.2) is 14.3 Å². The van der Waals surface area contributed by atoms with Crippen LogP contribution in [0.3, 0.4) is 0 Å². The smallest absolute Gasteiger partial charge is 0.261 e. The Kier molecular flexibility index (Phi) is 5.72. The lowest BCUT2D eigenvalue weighted by molar-refractivity contribution is 0.102. The maximum atomic E-state index is 12.5. The van der Waals surface area contributed by atoms with Gasteiger partial charge in [-0.1, -0.05) is 35.4 Å². The first-order chi connectivity index (χ1) is 13.2. The van der Waals surface area contributed by atoms with Gasteiger partial charge in [0.05, 0.1) is 15.6 Å². The fraction of sp³-hybridized carbons (Fsp3) is 0.0952. The number of nitrogens with one attached hydrogen (secondary N) is 2. The zero-order valence-electron chi connectivity index (χ0n) is 15.4. The highest BCUT2D eigenvalue weighted by molar-refractivity contribution is 7.92. The Hall–Kier alpha value is -2.83. The molecule has 0 aliphatic heterocycles. The number of carbonyl (C=O) groups is 1. The standard InChI is InChI=1S/C21H19ClN2O3S/c1-14-3-8-17(9-4-14)24-28(26,27)18-10-6-16(7-11-18)21(25)23-20-12-5-15(2)13-19(20)22/h3-13,24H,1-2H3,(H,23,25). The van der Waals surface area contributed by atoms with Gasteiger partial charge in [-0.05, 0) is 67.9 Å². The van der Waals surface area contributed by atoms with Gasteiger partial charge in [0, 0.05) is 11.3 Å². The summed E-state index contributed by atoms with van der Waals surface area (Å²) in [6.07, 6.45) is 0. The Morgan fingerprint density at radius 1 is 0.857 bits per heavy atom. The van der Waals surface area contributed by atoms with E-state index in [1.54, 1.807) is 24.3 Å². The average Bonchev–Trinajstić information content (AvgIpc) is 2.66. The maximum Gasteiger partial charge on any atom is 0.261 e. The molecular formula is C21H19ClN2O3S. The molecule has 0 radical (unpaired) electrons. The molecule has 3 aromatic rings. The third-order valence-electron chi connectivity index (χ3n) is 4.10. The Labute approximate surface area is 169 Å². The number of hydrogen-bond acceptors (Lipinski definition) is 3. The monoisotopic (exact) mass is 414 g/mol. The third kappa shape index (κ3) is 4.71. The molecule has 0 aliphatic carbocycles. The molecule has 7 heteroatoms. The second-order valence-corrected chi connectivity index (χ2v) is 8.52. The van der Waals surface area contributed by atoms with Crippen LogP contribution < -0.4 is 10.0 Å². The van der Waals surface area contributed by atoms with Crippen LogP contribution in [0.4, 0.5) is 11.4 Å². The highest BCUT2D eigenvalue weighted by Crippen LogP contribution is 2.24. The Morgan fingerprint density at radius 3 is 2.07 bits per heavy atom. The van der Waals surface area contributed by atoms with Crippen molar-refractivity contribution >= 4 is 38.9 Å². The average molecular weight is 415 g/mol. The van der Waals surface area contributed by atoms with Crippen LogP contribution in [0.5, 0.6) is 0 Å². The van der Waals surface area contributed by atoms with Crippen LogP contribution >= 0.6 is 11.6 Å². The lowest BCUT2D eigenvalue weighted by Crippen LogP contribution is -2.15. The minimum Gasteiger partial charge on any atom is -0.321 e. The number of aryl methyl sites for hydroxylation is 2. The predicted molar refractivity (Wildman–Crippen MR) is 113 cm³/mol. The van der Waals surface area contributed by atoms with Crippen LogP contribution in [0.1, 0.15) is 21.5 Å². The van der Waals surface area contributed by atoms with Gasteiger partial charge in [-0.2, -0.15) is 0 Å². The number of anilines is 2. The number of sulfonamides is 1. The number of rotatable bonds is 5. The molecule has 28 heavy (non-hydrogen) atoms. The molecule has 5 nitrogen and oxygen atoms in total. The van der Waals surface area contributed by atoms with Gasteiger partial charge >= 0.3 is 0 Å². The fourth-order valence-corrected chi connectivity index (χ4v) is 3.88. The van der Waals surface area contributed by atoms with Crippen molar-refractivity contribution in [3.8, 4) is 0 Å². The Bertz CT molecular complexity index is 1110. The Balaban J connectivity index is 1.74. The summed E-state index contributed by atoms with van der Waals surface area (Å²) in [6, 6.07) is 18.0. The molecule has 0 aromatic heterocycles. The molecular weight excluding hydrogens is 396 g/mol. The number of amides is 1. The van der Waals surface area contributed by atoms with Crippen molar-refractivity contribution in [1.29, 1.82) is 0 Å². The first-order valence-electron chi connectivity index (χ1n) is 8.52. The second-order valence-electron chi connectivity index (χ2n) is 6.43. The first kappa shape index (κ1) is 19.9. The van der Waals surface area contributed by atoms with E-state index in [9.17, 15) is 13.2 Å². The lowest BCUT2D eigenvalue weighted by atomic mass is 10.2. The molecule has 0 atom stereocenters. The number of benzene rings is 3. The molecule has 2 N–H and O–H groups in total. The van der Waals surface area contributed by atoms with Gasteiger partial charge in [-0.15, -0.1) is 0 Å². The number of hydrogen-bond donors (Lipinski definition) is 2. The summed E-state index contributed by atoms with van der Waals surface area (Å²) in [5.74, 6) is -0.374. The molecule has 144 valence electrons. The molecule has 3 aromatic carbocycles. The van der Waals surface area contributed by atoms with Crippen molar-refractivity contribution in [3.05, 3.63) is 88.4 Å². The maximum absolute atomic E-state index is 12.5. The van der Waals surface area contributed by atoms with E-state index in [1.807, 2.05) is 32.0 Å². The largest absolute Gasteiger partial charge is 0.321 e. The van der Waals surface area contributed by atoms with E-state index in [0.717, 1.165) is 11.1 Å². The molecule has 0 bridgehead atoms. The second kappa shape index (κ2) is 8.04. The van der Waals surface area contributed by atoms with Gasteiger partial charge in [0.1, 0.15) is 0 Å². The summed E-state index contributed by atoms with van der Waals surface area (Å²) in [5.41, 5.74) is 3.31. The van der Waals surface area contributed by atoms with Crippen molar-refractivity contribution in [1.82, 2.24) is 0 Å². The van der Waals surface area contributed by atoms with Crippen LogP contribution in [0.25, 0.3) is 0 Å². The summed E-state index contributed by atoms with van der Waals surface area (Å²) in [5, 5.41) is 3.16. The van der Waals surface area contributed by atoms with Crippen LogP contribution in [0, 0.1) is 13.8 Å². The van der Waals surface area contributed by atoms with Crippen molar-refractivity contribution in [2.75, 3.05) is 10.0 Å². The highest BCUT2D eigenvalue weighted by atomic mass is 35.5. The summed E-state index contributed by atoms with van der Waals surface area (Å²) in [4.78, 5) is 12.5. The van der Waals surface area contributed by atoms with Gasteiger partial charge in [0.25, 0.3) is 15.9 Å². The summed E-state index contributed by atoms with van der Waals surface area (Å²) >= 11 is 6.13. The normalized spacial score (nSPS) is 11.1. The van der Waals surface area contributed by atoms with Gasteiger partial charge in [0.15, 0.2) is 0 Å². The third-order valence-corrected chi connectivity index (χ3v) is 5.81. The van der Waals surface area contributed by atoms with Crippen molar-refractivity contribution < 1.29 is 13.2 Å². The molecule has 0 aliphatic rings. The molecule has 0 saturated carbocycles. The first-order valence-corrected chi connectivity index (χ1v) is 10.4. The molecule has 1 amide bonds. The fourth-order valence-electron chi connectivity index (χ4n) is 2.54. The summed E-state index contributed by atoms with van der Waals surface area (Å²) < 4.78 is 27.5. The summed E-state index contributed by atoms with van der Waals surface area (Å²) in [6.45, 7) is 3.83. The van der Waals surface area contributed by atoms with Gasteiger partial charge in [0.2, 0.25) is 0 Å². The van der Waals surface area contributed by atoms with E-state index in [4.69, 9.17) is 11.6 Å². The van der Waals surface area contributed by atoms with Gasteiger partial charge in [-0.25, -0.2) is 8.42 Å². The van der Waals surface area contributed by atoms with E-state index in [2.05, 4.69) is 10.0 Å². The van der Waals surface area contributed by atoms with Crippen molar-refractivity contribution in [2.24, 2.45) is 0 Å². The van der Waals surface area contributed by atoms with Crippen molar-refractivity contribution in [3.63, 3.8) is 0 Å². The number of halogens is 1. The van der Waals surface area contributed by atoms with E-state index >= 15 is 0 Å². The minimum absolute atomic E-state index is 0.0676. The van der Waals surface area contributed by atoms with E-state index < -0.39 is 10.0 Å². The molecule has 3 rings (SSSR count). The van der Waals surface area contributed by atoms with E-state index in [-0.39, 0.29) is 10.8 Å². The number of carbonyl (C=O) groups excluding carboxylic acids is 1. The van der Waals surface area contributed by atoms with Crippen LogP contribution in [-0.2, 0) is 10.0 Å². The lowest BCUT2D eigenvalue weighted by Gasteiger charge is -2.10. The minimum atomic E-state index is -3.74. The highest BCUT2D eigenvalue weighted by Gasteiger charge is 2.16. The molecule has 0 saturated heterocycles. The van der Waals surface area contributed by atoms with Crippen molar-refractivity contribution in [2.45, 2.75) is 18.7 Å². The zero-order valence-corrected chi connectivity index (χ0v) is 16.9. The topological polar surface area (TPSA) is 75.3 Å². The predicted octanol–water partition coefficient (Wildman–Crippen LogP) is 5.01. The van der Waals surface area contributed by atoms with Gasteiger partial charge < -0.3 is 5.32 Å². The quantitative estimate of drug-likeness (QED) is 0.616. The summed E-state index contributed by atoms with van der Waals surface area (Å²) in [7, 11) is -3.74. The van der Waals surface area contributed by atoms with Gasteiger partial charge in [-0.3, -0.25) is 9.52 Å². The molecule has 0 fully saturated rings. The SMILES string of the molecule is Cc1ccc(NS(=O)(=O)c2ccc(C(=O)Nc3ccc(C)cc3Cl)cc2)cc1. The van der Waals surface area contributed by atoms with Crippen LogP contribution in [0.15, 0.2) is 71.6 Å². The molecule has 0 unspecified atom stereocenters. The Morgan fingerprint density at radius 2 is 1.46 bits per heavy atom. The zero-order chi connectivity index (χ0) is 20.3. The van der Waals surface area contributed by atoms with E-state index in [1.165, 1.54) is 24.3 Å². The molecule has 0 spiro atoms. The van der Waals surface area contributed by atoms with Crippen LogP contribution in [0.2, 0.25) is 5.02 Å².